The van der Waals surface area contributed by atoms with Crippen LogP contribution in [0.4, 0.5) is 5.69 Å². The van der Waals surface area contributed by atoms with Crippen LogP contribution in [-0.4, -0.2) is 80.2 Å². The van der Waals surface area contributed by atoms with E-state index in [9.17, 15) is 24.3 Å². The van der Waals surface area contributed by atoms with Crippen LogP contribution in [0.25, 0.3) is 16.5 Å². The largest absolute Gasteiger partial charge is 0.497 e. The Morgan fingerprint density at radius 3 is 2.44 bits per heavy atom. The van der Waals surface area contributed by atoms with E-state index in [2.05, 4.69) is 32.2 Å². The van der Waals surface area contributed by atoms with Crippen LogP contribution in [0.1, 0.15) is 97.5 Å². The number of carboxylic acid groups (broad SMARTS) is 1. The number of fused-ring (bicyclic) bond motifs is 5. The number of carbonyl (C=O) groups is 4. The predicted octanol–water partition coefficient (Wildman–Crippen LogP) is 4.61. The maximum atomic E-state index is 13.9. The molecule has 0 fully saturated rings. The molecular weight excluding hydrogens is 771 g/mol. The number of rotatable bonds is 11. The highest BCUT2D eigenvalue weighted by molar-refractivity contribution is 6.03. The lowest BCUT2D eigenvalue weighted by atomic mass is 9.81. The molecule has 0 atom stereocenters. The molecule has 0 saturated carbocycles. The third-order valence-corrected chi connectivity index (χ3v) is 13.5. The van der Waals surface area contributed by atoms with E-state index in [1.807, 2.05) is 19.1 Å². The van der Waals surface area contributed by atoms with E-state index in [1.165, 1.54) is 37.9 Å². The summed E-state index contributed by atoms with van der Waals surface area (Å²) in [6, 6.07) is 14.8. The van der Waals surface area contributed by atoms with Crippen molar-refractivity contribution in [1.29, 1.82) is 0 Å². The number of nitrogens with zero attached hydrogens (tertiary/aromatic N) is 3. The van der Waals surface area contributed by atoms with E-state index < -0.39 is 5.97 Å². The Balaban J connectivity index is 0.954. The summed E-state index contributed by atoms with van der Waals surface area (Å²) in [7, 11) is 1.57. The fourth-order valence-corrected chi connectivity index (χ4v) is 10.7. The molecule has 5 aliphatic heterocycles. The van der Waals surface area contributed by atoms with Gasteiger partial charge in [0.15, 0.2) is 0 Å². The van der Waals surface area contributed by atoms with Crippen molar-refractivity contribution >= 4 is 46.4 Å². The lowest BCUT2D eigenvalue weighted by molar-refractivity contribution is -0.120. The van der Waals surface area contributed by atoms with Crippen LogP contribution in [0.5, 0.6) is 17.2 Å². The minimum atomic E-state index is -1.05. The number of methoxy groups -OCH3 is 1. The van der Waals surface area contributed by atoms with E-state index in [1.54, 1.807) is 31.4 Å². The monoisotopic (exact) mass is 820 g/mol. The standard InChI is InChI=1S/C49H49N5O7/c1-28-36(37-25-32(60-2)13-15-41(37)54(28)27-55)26-42(56)50-16-7-17-51-48(57)31-12-14-33(49(58)59)38(24-31)43-39-22-29-8-3-18-52-20-5-10-34(44(29)52)46(39)61-47-35-11-6-21-53-19-4-9-30(45(35)53)23-40(43)47/h12-15,22-25,27H,3-11,16-21,26H2,1-2H3,(H2-,50,51,56,57,58,59)/p+1. The number of aryl methyl sites for hydroxylation is 2. The minimum absolute atomic E-state index is 0.0860. The molecule has 5 aromatic rings. The van der Waals surface area contributed by atoms with Gasteiger partial charge in [0.1, 0.15) is 30.3 Å². The molecule has 0 radical (unpaired) electrons. The highest BCUT2D eigenvalue weighted by atomic mass is 16.5. The van der Waals surface area contributed by atoms with Gasteiger partial charge < -0.3 is 30.1 Å². The first-order chi connectivity index (χ1) is 29.7. The summed E-state index contributed by atoms with van der Waals surface area (Å²) < 4.78 is 16.6. The van der Waals surface area contributed by atoms with Gasteiger partial charge in [0.05, 0.1) is 30.2 Å². The first kappa shape index (κ1) is 38.8. The summed E-state index contributed by atoms with van der Waals surface area (Å²) in [6.07, 6.45) is 9.18. The van der Waals surface area contributed by atoms with Gasteiger partial charge in [-0.3, -0.25) is 19.0 Å². The molecule has 61 heavy (non-hydrogen) atoms. The zero-order chi connectivity index (χ0) is 41.9. The zero-order valence-electron chi connectivity index (χ0n) is 34.7. The number of amides is 2. The Bertz CT molecular complexity index is 2850. The number of benzene rings is 4. The second kappa shape index (κ2) is 15.6. The van der Waals surface area contributed by atoms with E-state index in [4.69, 9.17) is 9.47 Å². The maximum Gasteiger partial charge on any atom is 0.336 e. The van der Waals surface area contributed by atoms with E-state index in [0.29, 0.717) is 47.6 Å². The van der Waals surface area contributed by atoms with Crippen LogP contribution < -0.4 is 40.2 Å². The number of hydrogen-bond donors (Lipinski definition) is 3. The first-order valence-corrected chi connectivity index (χ1v) is 21.7. The van der Waals surface area contributed by atoms with Crippen LogP contribution in [-0.2, 0) is 41.7 Å². The van der Waals surface area contributed by atoms with Crippen molar-refractivity contribution in [3.63, 3.8) is 0 Å². The minimum Gasteiger partial charge on any atom is -0.497 e. The van der Waals surface area contributed by atoms with E-state index in [-0.39, 0.29) is 23.8 Å². The molecule has 0 bridgehead atoms. The Morgan fingerprint density at radius 2 is 1.64 bits per heavy atom. The molecule has 12 nitrogen and oxygen atoms in total. The lowest BCUT2D eigenvalue weighted by Gasteiger charge is -2.39. The third kappa shape index (κ3) is 6.54. The SMILES string of the molecule is COc1ccc2c(c1)c(CC(=O)NCCCNC(=O)c1ccc(C(=O)O)c(C3=c4cc5c6c(c4Oc4c3cc3c7c4CCCN7CCC3)CCC[N+]=6CCC5)c1)c(C)n2C=O. The Kier molecular flexibility index (Phi) is 9.88. The topological polar surface area (TPSA) is 142 Å². The average Bonchev–Trinajstić information content (AvgIpc) is 3.54. The van der Waals surface area contributed by atoms with Crippen molar-refractivity contribution in [3.05, 3.63) is 115 Å². The molecule has 10 rings (SSSR count). The van der Waals surface area contributed by atoms with Crippen LogP contribution in [0.3, 0.4) is 0 Å². The van der Waals surface area contributed by atoms with Crippen LogP contribution in [0.2, 0.25) is 0 Å². The van der Waals surface area contributed by atoms with Gasteiger partial charge >= 0.3 is 5.97 Å². The maximum absolute atomic E-state index is 13.9. The zero-order valence-corrected chi connectivity index (χ0v) is 34.7. The van der Waals surface area contributed by atoms with Crippen LogP contribution in [0.15, 0.2) is 48.5 Å². The number of nitrogens with one attached hydrogen (secondary N) is 2. The average molecular weight is 821 g/mol. The van der Waals surface area contributed by atoms with Crippen LogP contribution in [0, 0.1) is 6.92 Å². The molecule has 0 spiro atoms. The lowest BCUT2D eigenvalue weighted by Crippen LogP contribution is -2.45. The predicted molar refractivity (Wildman–Crippen MR) is 233 cm³/mol. The summed E-state index contributed by atoms with van der Waals surface area (Å²) in [6.45, 7) is 6.54. The smallest absolute Gasteiger partial charge is 0.336 e. The van der Waals surface area contributed by atoms with Gasteiger partial charge in [-0.05, 0) is 117 Å². The molecule has 1 aromatic heterocycles. The van der Waals surface area contributed by atoms with Gasteiger partial charge in [0.2, 0.25) is 17.7 Å². The van der Waals surface area contributed by atoms with Gasteiger partial charge in [0, 0.05) is 88.8 Å². The summed E-state index contributed by atoms with van der Waals surface area (Å²) in [5.74, 6) is 0.718. The summed E-state index contributed by atoms with van der Waals surface area (Å²) in [5, 5.41) is 19.7. The van der Waals surface area contributed by atoms with Crippen molar-refractivity contribution in [2.75, 3.05) is 51.3 Å². The molecule has 0 unspecified atom stereocenters. The second-order valence-electron chi connectivity index (χ2n) is 17.0. The normalized spacial score (nSPS) is 15.9. The van der Waals surface area contributed by atoms with Crippen molar-refractivity contribution < 1.29 is 33.8 Å². The Morgan fingerprint density at radius 1 is 0.869 bits per heavy atom. The van der Waals surface area contributed by atoms with Crippen molar-refractivity contribution in [1.82, 2.24) is 19.8 Å². The molecule has 0 saturated heterocycles. The molecular formula is C49H50N5O7+. The van der Waals surface area contributed by atoms with Crippen molar-refractivity contribution in [3.8, 4) is 17.2 Å². The molecule has 2 amide bonds. The molecule has 312 valence electrons. The molecule has 12 heteroatoms. The number of aromatic carboxylic acids is 1. The highest BCUT2D eigenvalue weighted by Crippen LogP contribution is 2.49. The van der Waals surface area contributed by atoms with Crippen molar-refractivity contribution in [2.45, 2.75) is 71.1 Å². The number of aromatic nitrogens is 1. The van der Waals surface area contributed by atoms with E-state index in [0.717, 1.165) is 123 Å². The highest BCUT2D eigenvalue weighted by Gasteiger charge is 2.36. The number of carbonyl (C=O) groups excluding carboxylic acids is 3. The van der Waals surface area contributed by atoms with Crippen molar-refractivity contribution in [2.24, 2.45) is 0 Å². The first-order valence-electron chi connectivity index (χ1n) is 21.7. The van der Waals surface area contributed by atoms with Gasteiger partial charge in [-0.15, -0.1) is 0 Å². The number of hydrogen-bond acceptors (Lipinski definition) is 7. The van der Waals surface area contributed by atoms with Gasteiger partial charge in [-0.2, -0.15) is 0 Å². The summed E-state index contributed by atoms with van der Waals surface area (Å²) in [5.41, 5.74) is 11.1. The number of carboxylic acids is 1. The van der Waals surface area contributed by atoms with Gasteiger partial charge in [-0.1, -0.05) is 0 Å². The molecule has 4 aromatic carbocycles. The molecule has 5 aliphatic rings. The van der Waals surface area contributed by atoms with E-state index >= 15 is 0 Å². The number of ether oxygens (including phenoxy) is 2. The quantitative estimate of drug-likeness (QED) is 0.0979. The Hall–Kier alpha value is -6.43. The molecule has 0 aliphatic carbocycles. The Labute approximate surface area is 353 Å². The fraction of sp³-hybridized carbons (Fsp3) is 0.367. The molecule has 6 heterocycles. The van der Waals surface area contributed by atoms with Gasteiger partial charge in [0.25, 0.3) is 5.91 Å². The third-order valence-electron chi connectivity index (χ3n) is 13.5. The molecule has 3 N–H and O–H groups in total. The fourth-order valence-electron chi connectivity index (χ4n) is 10.7. The summed E-state index contributed by atoms with van der Waals surface area (Å²) in [4.78, 5) is 54.5. The second-order valence-corrected chi connectivity index (χ2v) is 17.0. The summed E-state index contributed by atoms with van der Waals surface area (Å²) >= 11 is 0. The number of anilines is 1. The van der Waals surface area contributed by atoms with Crippen LogP contribution >= 0.6 is 0 Å². The van der Waals surface area contributed by atoms with Gasteiger partial charge in [-0.25, -0.2) is 9.37 Å².